The first kappa shape index (κ1) is 24.1. The van der Waals surface area contributed by atoms with Crippen molar-refractivity contribution in [3.05, 3.63) is 70.3 Å². The van der Waals surface area contributed by atoms with Crippen molar-refractivity contribution in [1.29, 1.82) is 0 Å². The molecule has 0 N–H and O–H groups in total. The van der Waals surface area contributed by atoms with Gasteiger partial charge in [-0.05, 0) is 75.8 Å². The number of hydrogen-bond acceptors (Lipinski definition) is 4. The lowest BCUT2D eigenvalue weighted by Gasteiger charge is -2.32. The maximum atomic E-state index is 13.0. The monoisotopic (exact) mass is 436 g/mol. The van der Waals surface area contributed by atoms with Gasteiger partial charge in [0.15, 0.2) is 6.10 Å². The van der Waals surface area contributed by atoms with Crippen molar-refractivity contribution in [2.45, 2.75) is 72.5 Å². The zero-order chi connectivity index (χ0) is 23.3. The standard InChI is InChI=1S/C28H36O4/c1-7-9-12-20-17-21(16-15-19(20)3)25-22-13-10-11-14-24(22)31-18-23(25)26(27(29)30-8-2)32-28(4,5)6/h10-11,13-17,26H,7-9,12,18H2,1-6H3. The zero-order valence-electron chi connectivity index (χ0n) is 20.3. The van der Waals surface area contributed by atoms with Crippen molar-refractivity contribution in [3.63, 3.8) is 0 Å². The molecule has 4 heteroatoms. The fraction of sp³-hybridized carbons (Fsp3) is 0.464. The van der Waals surface area contributed by atoms with E-state index in [9.17, 15) is 4.79 Å². The van der Waals surface area contributed by atoms with E-state index in [1.807, 2.05) is 45.9 Å². The SMILES string of the molecule is CCCCc1cc(C2=C(C(OC(C)(C)C)C(=O)OCC)COc3ccccc32)ccc1C. The Morgan fingerprint density at radius 2 is 1.88 bits per heavy atom. The number of esters is 1. The fourth-order valence-corrected chi connectivity index (χ4v) is 4.04. The minimum absolute atomic E-state index is 0.282. The number of benzene rings is 2. The highest BCUT2D eigenvalue weighted by Crippen LogP contribution is 2.40. The number of rotatable bonds is 8. The summed E-state index contributed by atoms with van der Waals surface area (Å²) in [6.45, 7) is 12.6. The number of unbranched alkanes of at least 4 members (excludes halogenated alkanes) is 1. The molecule has 4 nitrogen and oxygen atoms in total. The molecular weight excluding hydrogens is 400 g/mol. The van der Waals surface area contributed by atoms with E-state index in [0.29, 0.717) is 6.61 Å². The summed E-state index contributed by atoms with van der Waals surface area (Å²) in [5.74, 6) is 0.441. The molecular formula is C28H36O4. The maximum Gasteiger partial charge on any atom is 0.339 e. The van der Waals surface area contributed by atoms with Crippen molar-refractivity contribution in [1.82, 2.24) is 0 Å². The van der Waals surface area contributed by atoms with Gasteiger partial charge >= 0.3 is 5.97 Å². The number of hydrogen-bond donors (Lipinski definition) is 0. The molecule has 0 spiro atoms. The summed E-state index contributed by atoms with van der Waals surface area (Å²) in [5, 5.41) is 0. The fourth-order valence-electron chi connectivity index (χ4n) is 4.04. The van der Waals surface area contributed by atoms with Gasteiger partial charge in [0.1, 0.15) is 12.4 Å². The van der Waals surface area contributed by atoms with Gasteiger partial charge in [0.05, 0.1) is 12.2 Å². The van der Waals surface area contributed by atoms with Crippen LogP contribution in [-0.2, 0) is 20.7 Å². The Morgan fingerprint density at radius 3 is 2.56 bits per heavy atom. The molecule has 1 heterocycles. The minimum Gasteiger partial charge on any atom is -0.488 e. The van der Waals surface area contributed by atoms with E-state index in [-0.39, 0.29) is 12.6 Å². The Hall–Kier alpha value is -2.59. The van der Waals surface area contributed by atoms with Crippen molar-refractivity contribution in [2.75, 3.05) is 13.2 Å². The Balaban J connectivity index is 2.22. The molecule has 1 unspecified atom stereocenters. The largest absolute Gasteiger partial charge is 0.488 e. The first-order chi connectivity index (χ1) is 15.2. The van der Waals surface area contributed by atoms with Crippen LogP contribution in [0.2, 0.25) is 0 Å². The summed E-state index contributed by atoms with van der Waals surface area (Å²) in [7, 11) is 0. The topological polar surface area (TPSA) is 44.8 Å². The van der Waals surface area contributed by atoms with Gasteiger partial charge in [-0.15, -0.1) is 0 Å². The molecule has 0 amide bonds. The molecule has 0 bridgehead atoms. The molecule has 2 aromatic rings. The Morgan fingerprint density at radius 1 is 1.12 bits per heavy atom. The molecule has 0 fully saturated rings. The third-order valence-corrected chi connectivity index (χ3v) is 5.59. The zero-order valence-corrected chi connectivity index (χ0v) is 20.3. The number of carbonyl (C=O) groups excluding carboxylic acids is 1. The Kier molecular flexibility index (Phi) is 7.78. The average Bonchev–Trinajstić information content (AvgIpc) is 2.76. The number of fused-ring (bicyclic) bond motifs is 1. The van der Waals surface area contributed by atoms with Gasteiger partial charge in [-0.2, -0.15) is 0 Å². The molecule has 32 heavy (non-hydrogen) atoms. The molecule has 0 saturated heterocycles. The smallest absolute Gasteiger partial charge is 0.339 e. The summed E-state index contributed by atoms with van der Waals surface area (Å²) in [4.78, 5) is 13.0. The van der Waals surface area contributed by atoms with E-state index in [0.717, 1.165) is 47.3 Å². The highest BCUT2D eigenvalue weighted by atomic mass is 16.6. The maximum absolute atomic E-state index is 13.0. The van der Waals surface area contributed by atoms with E-state index < -0.39 is 11.7 Å². The van der Waals surface area contributed by atoms with Crippen LogP contribution < -0.4 is 4.74 Å². The first-order valence-electron chi connectivity index (χ1n) is 11.6. The van der Waals surface area contributed by atoms with Crippen LogP contribution in [-0.4, -0.2) is 30.9 Å². The summed E-state index contributed by atoms with van der Waals surface area (Å²) in [6.07, 6.45) is 2.50. The number of para-hydroxylation sites is 1. The summed E-state index contributed by atoms with van der Waals surface area (Å²) >= 11 is 0. The van der Waals surface area contributed by atoms with Crippen LogP contribution in [0.25, 0.3) is 5.57 Å². The molecule has 3 rings (SSSR count). The van der Waals surface area contributed by atoms with Gasteiger partial charge < -0.3 is 14.2 Å². The number of ether oxygens (including phenoxy) is 3. The van der Waals surface area contributed by atoms with E-state index in [2.05, 4.69) is 38.1 Å². The molecule has 0 saturated carbocycles. The van der Waals surface area contributed by atoms with E-state index in [1.54, 1.807) is 0 Å². The third-order valence-electron chi connectivity index (χ3n) is 5.59. The second-order valence-electron chi connectivity index (χ2n) is 9.29. The van der Waals surface area contributed by atoms with Gasteiger partial charge in [0, 0.05) is 11.1 Å². The molecule has 1 aliphatic rings. The van der Waals surface area contributed by atoms with E-state index >= 15 is 0 Å². The second-order valence-corrected chi connectivity index (χ2v) is 9.29. The quantitative estimate of drug-likeness (QED) is 0.457. The van der Waals surface area contributed by atoms with Crippen molar-refractivity contribution >= 4 is 11.5 Å². The summed E-state index contributed by atoms with van der Waals surface area (Å²) < 4.78 is 17.8. The van der Waals surface area contributed by atoms with Crippen LogP contribution in [0.3, 0.4) is 0 Å². The molecule has 2 aromatic carbocycles. The minimum atomic E-state index is -0.835. The van der Waals surface area contributed by atoms with Gasteiger partial charge in [-0.25, -0.2) is 4.79 Å². The summed E-state index contributed by atoms with van der Waals surface area (Å²) in [5.41, 5.74) is 5.98. The van der Waals surface area contributed by atoms with Gasteiger partial charge in [-0.1, -0.05) is 49.7 Å². The second kappa shape index (κ2) is 10.4. The van der Waals surface area contributed by atoms with Crippen LogP contribution in [0.5, 0.6) is 5.75 Å². The molecule has 1 atom stereocenters. The first-order valence-corrected chi connectivity index (χ1v) is 11.6. The normalized spacial score (nSPS) is 14.6. The number of aryl methyl sites for hydroxylation is 2. The van der Waals surface area contributed by atoms with E-state index in [1.165, 1.54) is 11.1 Å². The lowest BCUT2D eigenvalue weighted by atomic mass is 9.86. The van der Waals surface area contributed by atoms with Crippen LogP contribution in [0.1, 0.15) is 69.7 Å². The third kappa shape index (κ3) is 5.60. The molecule has 172 valence electrons. The lowest BCUT2D eigenvalue weighted by Crippen LogP contribution is -2.39. The predicted octanol–water partition coefficient (Wildman–Crippen LogP) is 6.28. The lowest BCUT2D eigenvalue weighted by molar-refractivity contribution is -0.162. The van der Waals surface area contributed by atoms with Crippen molar-refractivity contribution < 1.29 is 19.0 Å². The Labute approximate surface area is 192 Å². The predicted molar refractivity (Wildman–Crippen MR) is 129 cm³/mol. The highest BCUT2D eigenvalue weighted by molar-refractivity contribution is 5.91. The van der Waals surface area contributed by atoms with Crippen LogP contribution in [0, 0.1) is 6.92 Å². The molecule has 1 aliphatic heterocycles. The molecule has 0 aliphatic carbocycles. The highest BCUT2D eigenvalue weighted by Gasteiger charge is 2.35. The average molecular weight is 437 g/mol. The van der Waals surface area contributed by atoms with E-state index in [4.69, 9.17) is 14.2 Å². The van der Waals surface area contributed by atoms with Crippen LogP contribution in [0.4, 0.5) is 0 Å². The van der Waals surface area contributed by atoms with Crippen molar-refractivity contribution in [2.24, 2.45) is 0 Å². The van der Waals surface area contributed by atoms with Crippen molar-refractivity contribution in [3.8, 4) is 5.75 Å². The molecule has 0 aromatic heterocycles. The molecule has 0 radical (unpaired) electrons. The number of carbonyl (C=O) groups is 1. The Bertz CT molecular complexity index is 981. The van der Waals surface area contributed by atoms with Gasteiger partial charge in [0.2, 0.25) is 0 Å². The van der Waals surface area contributed by atoms with Crippen LogP contribution >= 0.6 is 0 Å². The van der Waals surface area contributed by atoms with Gasteiger partial charge in [0.25, 0.3) is 0 Å². The van der Waals surface area contributed by atoms with Gasteiger partial charge in [-0.3, -0.25) is 0 Å². The summed E-state index contributed by atoms with van der Waals surface area (Å²) in [6, 6.07) is 14.6. The van der Waals surface area contributed by atoms with Crippen LogP contribution in [0.15, 0.2) is 48.0 Å².